The summed E-state index contributed by atoms with van der Waals surface area (Å²) in [6, 6.07) is 7.81. The lowest BCUT2D eigenvalue weighted by atomic mass is 10.2. The molecule has 0 bridgehead atoms. The van der Waals surface area contributed by atoms with Gasteiger partial charge in [0.1, 0.15) is 0 Å². The number of benzene rings is 1. The van der Waals surface area contributed by atoms with Crippen LogP contribution in [0, 0.1) is 0 Å². The highest BCUT2D eigenvalue weighted by molar-refractivity contribution is 5.55. The molecule has 0 fully saturated rings. The van der Waals surface area contributed by atoms with E-state index >= 15 is 0 Å². The Hall–Kier alpha value is -1.26. The highest BCUT2D eigenvalue weighted by atomic mass is 16.5. The Kier molecular flexibility index (Phi) is 5.67. The molecule has 0 aliphatic heterocycles. The van der Waals surface area contributed by atoms with Crippen LogP contribution in [-0.4, -0.2) is 38.0 Å². The number of nitrogen functional groups attached to an aromatic ring is 1. The molecule has 16 heavy (non-hydrogen) atoms. The maximum atomic E-state index is 8.59. The maximum Gasteiger partial charge on any atom is 0.0698 e. The molecule has 1 rings (SSSR count). The predicted molar refractivity (Wildman–Crippen MR) is 66.6 cm³/mol. The van der Waals surface area contributed by atoms with Crippen molar-refractivity contribution >= 4 is 11.4 Å². The van der Waals surface area contributed by atoms with Crippen molar-refractivity contribution in [3.63, 3.8) is 0 Å². The van der Waals surface area contributed by atoms with Crippen LogP contribution >= 0.6 is 0 Å². The van der Waals surface area contributed by atoms with Crippen LogP contribution in [0.5, 0.6) is 0 Å². The van der Waals surface area contributed by atoms with Crippen LogP contribution in [0.1, 0.15) is 6.92 Å². The Morgan fingerprint density at radius 3 is 2.81 bits per heavy atom. The average molecular weight is 224 g/mol. The van der Waals surface area contributed by atoms with E-state index in [-0.39, 0.29) is 6.61 Å². The molecular weight excluding hydrogens is 204 g/mol. The first-order chi connectivity index (χ1) is 7.77. The Labute approximate surface area is 96.6 Å². The predicted octanol–water partition coefficient (Wildman–Crippen LogP) is 1.10. The Bertz CT molecular complexity index is 305. The fourth-order valence-electron chi connectivity index (χ4n) is 1.53. The van der Waals surface area contributed by atoms with Crippen LogP contribution in [0.4, 0.5) is 11.4 Å². The molecule has 0 spiro atoms. The monoisotopic (exact) mass is 224 g/mol. The van der Waals surface area contributed by atoms with Crippen LogP contribution in [0.3, 0.4) is 0 Å². The van der Waals surface area contributed by atoms with Gasteiger partial charge in [-0.2, -0.15) is 0 Å². The topological polar surface area (TPSA) is 58.7 Å². The van der Waals surface area contributed by atoms with Crippen molar-refractivity contribution in [1.82, 2.24) is 0 Å². The Morgan fingerprint density at radius 1 is 1.38 bits per heavy atom. The van der Waals surface area contributed by atoms with E-state index in [1.54, 1.807) is 0 Å². The molecule has 0 heterocycles. The van der Waals surface area contributed by atoms with Gasteiger partial charge in [-0.15, -0.1) is 0 Å². The number of hydrogen-bond donors (Lipinski definition) is 2. The molecule has 0 radical (unpaired) electrons. The van der Waals surface area contributed by atoms with E-state index in [0.29, 0.717) is 13.2 Å². The van der Waals surface area contributed by atoms with Crippen LogP contribution in [0.25, 0.3) is 0 Å². The molecule has 0 aliphatic rings. The number of nitrogens with two attached hydrogens (primary N) is 1. The SMILES string of the molecule is CCN(CCOCCO)c1cccc(N)c1. The smallest absolute Gasteiger partial charge is 0.0698 e. The van der Waals surface area contributed by atoms with E-state index < -0.39 is 0 Å². The summed E-state index contributed by atoms with van der Waals surface area (Å²) < 4.78 is 5.24. The minimum absolute atomic E-state index is 0.0738. The number of likely N-dealkylation sites (N-methyl/N-ethyl adjacent to an activating group) is 1. The van der Waals surface area contributed by atoms with Gasteiger partial charge in [0.15, 0.2) is 0 Å². The second-order valence-corrected chi connectivity index (χ2v) is 3.51. The van der Waals surface area contributed by atoms with Crippen LogP contribution in [0.15, 0.2) is 24.3 Å². The van der Waals surface area contributed by atoms with E-state index in [9.17, 15) is 0 Å². The van der Waals surface area contributed by atoms with E-state index in [1.165, 1.54) is 0 Å². The zero-order chi connectivity index (χ0) is 11.8. The van der Waals surface area contributed by atoms with Gasteiger partial charge in [0.05, 0.1) is 19.8 Å². The molecule has 0 atom stereocenters. The molecule has 90 valence electrons. The average Bonchev–Trinajstić information content (AvgIpc) is 2.29. The molecule has 0 amide bonds. The van der Waals surface area contributed by atoms with Gasteiger partial charge in [-0.05, 0) is 25.1 Å². The number of rotatable bonds is 7. The summed E-state index contributed by atoms with van der Waals surface area (Å²) in [7, 11) is 0. The third-order valence-corrected chi connectivity index (χ3v) is 2.36. The van der Waals surface area contributed by atoms with Crippen molar-refractivity contribution in [2.45, 2.75) is 6.92 Å². The number of ether oxygens (including phenoxy) is 1. The fraction of sp³-hybridized carbons (Fsp3) is 0.500. The Balaban J connectivity index is 2.47. The normalized spacial score (nSPS) is 10.4. The number of aliphatic hydroxyl groups excluding tert-OH is 1. The number of aliphatic hydroxyl groups is 1. The van der Waals surface area contributed by atoms with Gasteiger partial charge in [0.2, 0.25) is 0 Å². The summed E-state index contributed by atoms with van der Waals surface area (Å²) in [5.74, 6) is 0. The van der Waals surface area contributed by atoms with E-state index in [2.05, 4.69) is 11.8 Å². The van der Waals surface area contributed by atoms with Gasteiger partial charge in [0, 0.05) is 24.5 Å². The van der Waals surface area contributed by atoms with Crippen LogP contribution in [0.2, 0.25) is 0 Å². The number of anilines is 2. The number of nitrogens with zero attached hydrogens (tertiary/aromatic N) is 1. The summed E-state index contributed by atoms with van der Waals surface area (Å²) in [5, 5.41) is 8.59. The molecule has 0 saturated carbocycles. The second kappa shape index (κ2) is 7.09. The van der Waals surface area contributed by atoms with Gasteiger partial charge >= 0.3 is 0 Å². The summed E-state index contributed by atoms with van der Waals surface area (Å²) in [4.78, 5) is 2.19. The molecule has 3 N–H and O–H groups in total. The first kappa shape index (κ1) is 12.8. The standard InChI is InChI=1S/C12H20N2O2/c1-2-14(6-8-16-9-7-15)12-5-3-4-11(13)10-12/h3-5,10,15H,2,6-9,13H2,1H3. The molecular formula is C12H20N2O2. The van der Waals surface area contributed by atoms with E-state index in [4.69, 9.17) is 15.6 Å². The molecule has 4 nitrogen and oxygen atoms in total. The largest absolute Gasteiger partial charge is 0.399 e. The van der Waals surface area contributed by atoms with Gasteiger partial charge in [-0.3, -0.25) is 0 Å². The summed E-state index contributed by atoms with van der Waals surface area (Å²) in [6.07, 6.45) is 0. The van der Waals surface area contributed by atoms with Gasteiger partial charge in [-0.1, -0.05) is 6.07 Å². The summed E-state index contributed by atoms with van der Waals surface area (Å²) in [6.45, 7) is 4.89. The van der Waals surface area contributed by atoms with Crippen molar-refractivity contribution in [1.29, 1.82) is 0 Å². The summed E-state index contributed by atoms with van der Waals surface area (Å²) >= 11 is 0. The van der Waals surface area contributed by atoms with Gasteiger partial charge < -0.3 is 20.5 Å². The third-order valence-electron chi connectivity index (χ3n) is 2.36. The van der Waals surface area contributed by atoms with Crippen molar-refractivity contribution in [3.8, 4) is 0 Å². The molecule has 0 saturated heterocycles. The number of hydrogen-bond acceptors (Lipinski definition) is 4. The van der Waals surface area contributed by atoms with E-state index in [1.807, 2.05) is 24.3 Å². The zero-order valence-electron chi connectivity index (χ0n) is 9.72. The highest BCUT2D eigenvalue weighted by Gasteiger charge is 2.03. The summed E-state index contributed by atoms with van der Waals surface area (Å²) in [5.41, 5.74) is 7.61. The van der Waals surface area contributed by atoms with E-state index in [0.717, 1.165) is 24.5 Å². The Morgan fingerprint density at radius 2 is 2.19 bits per heavy atom. The molecule has 4 heteroatoms. The first-order valence-corrected chi connectivity index (χ1v) is 5.57. The second-order valence-electron chi connectivity index (χ2n) is 3.51. The zero-order valence-corrected chi connectivity index (χ0v) is 9.72. The minimum atomic E-state index is 0.0738. The first-order valence-electron chi connectivity index (χ1n) is 5.57. The van der Waals surface area contributed by atoms with Crippen LogP contribution < -0.4 is 10.6 Å². The molecule has 1 aromatic rings. The lowest BCUT2D eigenvalue weighted by molar-refractivity contribution is 0.0967. The molecule has 0 unspecified atom stereocenters. The van der Waals surface area contributed by atoms with Crippen LogP contribution in [-0.2, 0) is 4.74 Å². The fourth-order valence-corrected chi connectivity index (χ4v) is 1.53. The maximum absolute atomic E-state index is 8.59. The van der Waals surface area contributed by atoms with Crippen molar-refractivity contribution in [2.75, 3.05) is 43.5 Å². The van der Waals surface area contributed by atoms with Crippen molar-refractivity contribution in [2.24, 2.45) is 0 Å². The van der Waals surface area contributed by atoms with Gasteiger partial charge in [-0.25, -0.2) is 0 Å². The lowest BCUT2D eigenvalue weighted by Gasteiger charge is -2.23. The van der Waals surface area contributed by atoms with Crippen molar-refractivity contribution < 1.29 is 9.84 Å². The minimum Gasteiger partial charge on any atom is -0.399 e. The molecule has 1 aromatic carbocycles. The quantitative estimate of drug-likeness (QED) is 0.538. The van der Waals surface area contributed by atoms with Crippen molar-refractivity contribution in [3.05, 3.63) is 24.3 Å². The molecule has 0 aromatic heterocycles. The lowest BCUT2D eigenvalue weighted by Crippen LogP contribution is -2.27. The highest BCUT2D eigenvalue weighted by Crippen LogP contribution is 2.16. The third kappa shape index (κ3) is 4.08. The van der Waals surface area contributed by atoms with Gasteiger partial charge in [0.25, 0.3) is 0 Å². The molecule has 0 aliphatic carbocycles.